The van der Waals surface area contributed by atoms with Crippen LogP contribution in [0.1, 0.15) is 26.2 Å². The van der Waals surface area contributed by atoms with Crippen LogP contribution in [0.5, 0.6) is 11.5 Å². The van der Waals surface area contributed by atoms with E-state index in [2.05, 4.69) is 17.8 Å². The molecule has 2 aliphatic heterocycles. The number of carbonyl (C=O) groups excluding carboxylic acids is 1. The maximum atomic E-state index is 12.6. The summed E-state index contributed by atoms with van der Waals surface area (Å²) in [6, 6.07) is 7.89. The highest BCUT2D eigenvalue weighted by Crippen LogP contribution is 2.23. The van der Waals surface area contributed by atoms with Gasteiger partial charge >= 0.3 is 0 Å². The van der Waals surface area contributed by atoms with Crippen LogP contribution in [0.15, 0.2) is 24.3 Å². The molecule has 3 atom stereocenters. The fourth-order valence-electron chi connectivity index (χ4n) is 3.40. The van der Waals surface area contributed by atoms with Gasteiger partial charge in [-0.25, -0.2) is 5.43 Å². The maximum absolute atomic E-state index is 12.6. The Morgan fingerprint density at radius 2 is 2.17 bits per heavy atom. The number of carbonyl (C=O) groups is 1. The lowest BCUT2D eigenvalue weighted by Gasteiger charge is -2.34. The van der Waals surface area contributed by atoms with Crippen LogP contribution in [0.3, 0.4) is 0 Å². The number of rotatable bonds is 5. The van der Waals surface area contributed by atoms with Crippen LogP contribution in [-0.2, 0) is 4.79 Å². The molecular weight excluding hydrogens is 306 g/mol. The minimum atomic E-state index is -0.0990. The molecule has 6 heteroatoms. The first kappa shape index (κ1) is 17.0. The lowest BCUT2D eigenvalue weighted by Crippen LogP contribution is -2.49. The Balaban J connectivity index is 1.51. The molecule has 3 unspecified atom stereocenters. The van der Waals surface area contributed by atoms with Gasteiger partial charge in [0.15, 0.2) is 0 Å². The Hall–Kier alpha value is -1.79. The summed E-state index contributed by atoms with van der Waals surface area (Å²) in [5.41, 5.74) is 6.23. The normalized spacial score (nSPS) is 27.1. The molecule has 2 saturated heterocycles. The second-order valence-corrected chi connectivity index (χ2v) is 6.76. The number of methoxy groups -OCH3 is 1. The SMILES string of the molecule is COc1cccc(OCC2CCCN(C(=O)C3CC(C)NN3)C2)c1. The summed E-state index contributed by atoms with van der Waals surface area (Å²) < 4.78 is 11.1. The summed E-state index contributed by atoms with van der Waals surface area (Å²) in [7, 11) is 1.65. The van der Waals surface area contributed by atoms with Crippen molar-refractivity contribution in [3.8, 4) is 11.5 Å². The Kier molecular flexibility index (Phi) is 5.58. The first-order valence-corrected chi connectivity index (χ1v) is 8.72. The zero-order chi connectivity index (χ0) is 16.9. The monoisotopic (exact) mass is 333 g/mol. The molecule has 3 rings (SSSR count). The van der Waals surface area contributed by atoms with E-state index in [0.29, 0.717) is 18.6 Å². The number of ether oxygens (including phenoxy) is 2. The number of hydrogen-bond acceptors (Lipinski definition) is 5. The Bertz CT molecular complexity index is 566. The highest BCUT2D eigenvalue weighted by atomic mass is 16.5. The molecule has 0 saturated carbocycles. The summed E-state index contributed by atoms with van der Waals surface area (Å²) in [6.07, 6.45) is 2.98. The van der Waals surface area contributed by atoms with Crippen molar-refractivity contribution in [3.63, 3.8) is 0 Å². The van der Waals surface area contributed by atoms with Crippen molar-refractivity contribution in [3.05, 3.63) is 24.3 Å². The van der Waals surface area contributed by atoms with E-state index < -0.39 is 0 Å². The highest BCUT2D eigenvalue weighted by Gasteiger charge is 2.32. The summed E-state index contributed by atoms with van der Waals surface area (Å²) in [5.74, 6) is 2.19. The number of benzene rings is 1. The molecular formula is C18H27N3O3. The molecule has 0 spiro atoms. The van der Waals surface area contributed by atoms with Crippen LogP contribution in [-0.4, -0.2) is 49.7 Å². The third kappa shape index (κ3) is 4.19. The summed E-state index contributed by atoms with van der Waals surface area (Å²) in [5, 5.41) is 0. The Labute approximate surface area is 143 Å². The van der Waals surface area contributed by atoms with E-state index in [1.165, 1.54) is 0 Å². The van der Waals surface area contributed by atoms with Crippen molar-refractivity contribution in [2.75, 3.05) is 26.8 Å². The smallest absolute Gasteiger partial charge is 0.241 e. The second-order valence-electron chi connectivity index (χ2n) is 6.76. The molecule has 0 bridgehead atoms. The van der Waals surface area contributed by atoms with Crippen molar-refractivity contribution in [1.82, 2.24) is 15.8 Å². The summed E-state index contributed by atoms with van der Waals surface area (Å²) in [6.45, 7) is 4.33. The molecule has 6 nitrogen and oxygen atoms in total. The van der Waals surface area contributed by atoms with E-state index in [9.17, 15) is 4.79 Å². The van der Waals surface area contributed by atoms with Crippen molar-refractivity contribution in [2.24, 2.45) is 5.92 Å². The maximum Gasteiger partial charge on any atom is 0.241 e. The van der Waals surface area contributed by atoms with Gasteiger partial charge in [-0.2, -0.15) is 0 Å². The zero-order valence-corrected chi connectivity index (χ0v) is 14.5. The van der Waals surface area contributed by atoms with Gasteiger partial charge in [0.05, 0.1) is 13.7 Å². The quantitative estimate of drug-likeness (QED) is 0.856. The van der Waals surface area contributed by atoms with Gasteiger partial charge in [0.2, 0.25) is 5.91 Å². The minimum absolute atomic E-state index is 0.0990. The molecule has 1 amide bonds. The first-order chi connectivity index (χ1) is 11.7. The van der Waals surface area contributed by atoms with Gasteiger partial charge in [-0.3, -0.25) is 10.2 Å². The third-order valence-electron chi connectivity index (χ3n) is 4.75. The number of hydrogen-bond donors (Lipinski definition) is 2. The topological polar surface area (TPSA) is 62.8 Å². The summed E-state index contributed by atoms with van der Waals surface area (Å²) >= 11 is 0. The third-order valence-corrected chi connectivity index (χ3v) is 4.75. The number of nitrogens with zero attached hydrogens (tertiary/aromatic N) is 1. The Morgan fingerprint density at radius 3 is 2.92 bits per heavy atom. The Morgan fingerprint density at radius 1 is 1.33 bits per heavy atom. The van der Waals surface area contributed by atoms with Gasteiger partial charge in [-0.05, 0) is 38.3 Å². The molecule has 132 valence electrons. The van der Waals surface area contributed by atoms with Gasteiger partial charge in [0.1, 0.15) is 17.5 Å². The molecule has 0 aliphatic carbocycles. The van der Waals surface area contributed by atoms with E-state index in [4.69, 9.17) is 9.47 Å². The first-order valence-electron chi connectivity index (χ1n) is 8.72. The van der Waals surface area contributed by atoms with Gasteiger partial charge in [0, 0.05) is 31.1 Å². The van der Waals surface area contributed by atoms with Gasteiger partial charge in [-0.1, -0.05) is 6.07 Å². The van der Waals surface area contributed by atoms with Crippen LogP contribution in [0, 0.1) is 5.92 Å². The van der Waals surface area contributed by atoms with Gasteiger partial charge in [-0.15, -0.1) is 0 Å². The van der Waals surface area contributed by atoms with Crippen LogP contribution in [0.2, 0.25) is 0 Å². The molecule has 2 N–H and O–H groups in total. The predicted octanol–water partition coefficient (Wildman–Crippen LogP) is 1.57. The molecule has 0 radical (unpaired) electrons. The molecule has 1 aromatic rings. The molecule has 2 aliphatic rings. The number of hydrazine groups is 1. The number of likely N-dealkylation sites (tertiary alicyclic amines) is 1. The van der Waals surface area contributed by atoms with Gasteiger partial charge in [0.25, 0.3) is 0 Å². The molecule has 24 heavy (non-hydrogen) atoms. The standard InChI is InChI=1S/C18H27N3O3/c1-13-9-17(20-19-13)18(22)21-8-4-5-14(11-21)12-24-16-7-3-6-15(10-16)23-2/h3,6-7,10,13-14,17,19-20H,4-5,8-9,11-12H2,1-2H3. The summed E-state index contributed by atoms with van der Waals surface area (Å²) in [4.78, 5) is 14.6. The van der Waals surface area contributed by atoms with Crippen molar-refractivity contribution < 1.29 is 14.3 Å². The minimum Gasteiger partial charge on any atom is -0.497 e. The highest BCUT2D eigenvalue weighted by molar-refractivity contribution is 5.82. The van der Waals surface area contributed by atoms with Crippen LogP contribution in [0.25, 0.3) is 0 Å². The molecule has 2 heterocycles. The fourth-order valence-corrected chi connectivity index (χ4v) is 3.40. The molecule has 0 aromatic heterocycles. The van der Waals surface area contributed by atoms with E-state index >= 15 is 0 Å². The number of nitrogens with one attached hydrogen (secondary N) is 2. The largest absolute Gasteiger partial charge is 0.497 e. The second kappa shape index (κ2) is 7.85. The predicted molar refractivity (Wildman–Crippen MR) is 91.9 cm³/mol. The van der Waals surface area contributed by atoms with E-state index in [-0.39, 0.29) is 11.9 Å². The molecule has 2 fully saturated rings. The molecule has 1 aromatic carbocycles. The lowest BCUT2D eigenvalue weighted by atomic mass is 9.98. The van der Waals surface area contributed by atoms with E-state index in [0.717, 1.165) is 43.9 Å². The fraction of sp³-hybridized carbons (Fsp3) is 0.611. The van der Waals surface area contributed by atoms with Gasteiger partial charge < -0.3 is 14.4 Å². The van der Waals surface area contributed by atoms with Crippen LogP contribution >= 0.6 is 0 Å². The van der Waals surface area contributed by atoms with E-state index in [1.54, 1.807) is 7.11 Å². The van der Waals surface area contributed by atoms with Crippen LogP contribution in [0.4, 0.5) is 0 Å². The van der Waals surface area contributed by atoms with Crippen molar-refractivity contribution >= 4 is 5.91 Å². The number of amides is 1. The van der Waals surface area contributed by atoms with Crippen LogP contribution < -0.4 is 20.3 Å². The number of piperidine rings is 1. The average Bonchev–Trinajstić information content (AvgIpc) is 3.06. The average molecular weight is 333 g/mol. The lowest BCUT2D eigenvalue weighted by molar-refractivity contribution is -0.135. The van der Waals surface area contributed by atoms with Crippen molar-refractivity contribution in [1.29, 1.82) is 0 Å². The van der Waals surface area contributed by atoms with Crippen molar-refractivity contribution in [2.45, 2.75) is 38.3 Å². The van der Waals surface area contributed by atoms with E-state index in [1.807, 2.05) is 29.2 Å². The zero-order valence-electron chi connectivity index (χ0n) is 14.5.